The van der Waals surface area contributed by atoms with Crippen LogP contribution in [0.3, 0.4) is 0 Å². The number of anilines is 1. The van der Waals surface area contributed by atoms with Crippen LogP contribution in [0.25, 0.3) is 0 Å². The van der Waals surface area contributed by atoms with Gasteiger partial charge in [0.05, 0.1) is 17.5 Å². The number of piperidine rings is 1. The minimum atomic E-state index is -2.09. The lowest BCUT2D eigenvalue weighted by Crippen LogP contribution is -2.60. The van der Waals surface area contributed by atoms with Gasteiger partial charge in [0, 0.05) is 37.2 Å². The number of phenols is 1. The van der Waals surface area contributed by atoms with Gasteiger partial charge in [-0.05, 0) is 67.5 Å². The summed E-state index contributed by atoms with van der Waals surface area (Å²) in [5, 5.41) is 11.1. The van der Waals surface area contributed by atoms with E-state index in [-0.39, 0.29) is 42.1 Å². The van der Waals surface area contributed by atoms with E-state index in [1.807, 2.05) is 24.3 Å². The Hall–Kier alpha value is -4.05. The van der Waals surface area contributed by atoms with Crippen LogP contribution in [0.1, 0.15) is 42.7 Å². The summed E-state index contributed by atoms with van der Waals surface area (Å²) in [7, 11) is 0. The van der Waals surface area contributed by atoms with Crippen molar-refractivity contribution in [3.05, 3.63) is 107 Å². The first-order valence-electron chi connectivity index (χ1n) is 16.7. The van der Waals surface area contributed by atoms with Crippen LogP contribution < -0.4 is 4.90 Å². The van der Waals surface area contributed by atoms with Gasteiger partial charge in [0.25, 0.3) is 11.8 Å². The molecule has 0 aromatic heterocycles. The van der Waals surface area contributed by atoms with Crippen molar-refractivity contribution >= 4 is 52.5 Å². The summed E-state index contributed by atoms with van der Waals surface area (Å²) in [5.74, 6) is -6.03. The Bertz CT molecular complexity index is 1900. The average molecular weight is 703 g/mol. The molecule has 1 N–H and O–H groups in total. The zero-order chi connectivity index (χ0) is 34.2. The van der Waals surface area contributed by atoms with Crippen molar-refractivity contribution in [2.75, 3.05) is 18.0 Å². The molecule has 6 unspecified atom stereocenters. The highest BCUT2D eigenvalue weighted by molar-refractivity contribution is 6.58. The van der Waals surface area contributed by atoms with Gasteiger partial charge in [-0.2, -0.15) is 0 Å². The summed E-state index contributed by atoms with van der Waals surface area (Å²) in [5.41, 5.74) is 2.21. The molecule has 0 radical (unpaired) electrons. The Balaban J connectivity index is 1.14. The summed E-state index contributed by atoms with van der Waals surface area (Å²) in [6.07, 6.45) is 3.25. The Kier molecular flexibility index (Phi) is 7.74. The molecule has 2 aliphatic carbocycles. The third-order valence-electron chi connectivity index (χ3n) is 11.3. The van der Waals surface area contributed by atoms with Crippen LogP contribution in [0.2, 0.25) is 0 Å². The van der Waals surface area contributed by atoms with Gasteiger partial charge in [-0.1, -0.05) is 60.2 Å². The number of para-hydroxylation sites is 1. The maximum atomic E-state index is 14.5. The van der Waals surface area contributed by atoms with E-state index in [2.05, 4.69) is 17.0 Å². The smallest absolute Gasteiger partial charge is 0.258 e. The van der Waals surface area contributed by atoms with Gasteiger partial charge >= 0.3 is 0 Å². The van der Waals surface area contributed by atoms with E-state index in [1.54, 1.807) is 18.2 Å². The van der Waals surface area contributed by atoms with Crippen molar-refractivity contribution in [1.82, 2.24) is 9.80 Å². The second-order valence-electron chi connectivity index (χ2n) is 13.8. The number of carbonyl (C=O) groups excluding carboxylic acids is 4. The molecule has 0 spiro atoms. The van der Waals surface area contributed by atoms with Gasteiger partial charge in [0.15, 0.2) is 9.75 Å². The van der Waals surface area contributed by atoms with Gasteiger partial charge in [0.2, 0.25) is 11.8 Å². The molecule has 4 fully saturated rings. The highest BCUT2D eigenvalue weighted by atomic mass is 35.5. The number of rotatable bonds is 5. The molecule has 11 heteroatoms. The van der Waals surface area contributed by atoms with Crippen LogP contribution in [0.15, 0.2) is 90.5 Å². The van der Waals surface area contributed by atoms with E-state index in [9.17, 15) is 28.7 Å². The quantitative estimate of drug-likeness (QED) is 0.207. The number of benzene rings is 3. The molecular weight excluding hydrogens is 668 g/mol. The van der Waals surface area contributed by atoms with Crippen LogP contribution in [0, 0.1) is 23.6 Å². The molecule has 0 bridgehead atoms. The summed E-state index contributed by atoms with van der Waals surface area (Å²) in [6, 6.07) is 21.2. The molecule has 3 aliphatic heterocycles. The zero-order valence-corrected chi connectivity index (χ0v) is 28.0. The maximum absolute atomic E-state index is 14.5. The van der Waals surface area contributed by atoms with E-state index in [1.165, 1.54) is 28.7 Å². The predicted octanol–water partition coefficient (Wildman–Crippen LogP) is 5.76. The van der Waals surface area contributed by atoms with Crippen molar-refractivity contribution in [2.45, 2.75) is 53.9 Å². The number of aromatic hydroxyl groups is 1. The standard InChI is InChI=1S/C38H34Cl2FN3O5/c39-37-20-29-26(14-15-28-31(29)34(47)43(33(28)46)25-16-18-42(19-17-25)21-22-6-2-1-3-7-22)32(27-8-4-5-9-30(27)45)38(37,40)36(49)44(35(37)48)24-12-10-23(41)11-13-24/h1-14,25,28-29,31-32,45H,15-21H2. The van der Waals surface area contributed by atoms with Gasteiger partial charge in [-0.3, -0.25) is 29.0 Å². The van der Waals surface area contributed by atoms with E-state index in [4.69, 9.17) is 23.2 Å². The second kappa shape index (κ2) is 11.8. The van der Waals surface area contributed by atoms with E-state index >= 15 is 0 Å². The summed E-state index contributed by atoms with van der Waals surface area (Å²) < 4.78 is 13.9. The van der Waals surface area contributed by atoms with Crippen LogP contribution in [-0.2, 0) is 25.7 Å². The van der Waals surface area contributed by atoms with E-state index in [0.717, 1.165) is 36.7 Å². The number of halogens is 3. The lowest BCUT2D eigenvalue weighted by atomic mass is 9.56. The van der Waals surface area contributed by atoms with Crippen molar-refractivity contribution in [2.24, 2.45) is 17.8 Å². The normalized spacial score (nSPS) is 31.9. The number of alkyl halides is 2. The van der Waals surface area contributed by atoms with Crippen LogP contribution in [0.5, 0.6) is 5.75 Å². The highest BCUT2D eigenvalue weighted by Crippen LogP contribution is 2.66. The van der Waals surface area contributed by atoms with Crippen molar-refractivity contribution in [3.8, 4) is 5.75 Å². The van der Waals surface area contributed by atoms with Crippen LogP contribution in [-0.4, -0.2) is 67.4 Å². The predicted molar refractivity (Wildman–Crippen MR) is 181 cm³/mol. The first-order chi connectivity index (χ1) is 23.5. The minimum Gasteiger partial charge on any atom is -0.508 e. The average Bonchev–Trinajstić information content (AvgIpc) is 3.44. The molecule has 6 atom stereocenters. The Morgan fingerprint density at radius 2 is 1.49 bits per heavy atom. The number of imide groups is 2. The molecule has 8 rings (SSSR count). The molecule has 3 saturated heterocycles. The van der Waals surface area contributed by atoms with Gasteiger partial charge < -0.3 is 5.11 Å². The fraction of sp³-hybridized carbons (Fsp3) is 0.368. The summed E-state index contributed by atoms with van der Waals surface area (Å²) in [6.45, 7) is 2.27. The van der Waals surface area contributed by atoms with Crippen molar-refractivity contribution in [1.29, 1.82) is 0 Å². The number of fused-ring (bicyclic) bond motifs is 4. The Labute approximate surface area is 293 Å². The number of allylic oxidation sites excluding steroid dienone is 2. The number of likely N-dealkylation sites (tertiary alicyclic amines) is 2. The Morgan fingerprint density at radius 1 is 0.816 bits per heavy atom. The number of phenolic OH excluding ortho intramolecular Hbond substituents is 1. The fourth-order valence-electron chi connectivity index (χ4n) is 9.04. The summed E-state index contributed by atoms with van der Waals surface area (Å²) >= 11 is 14.8. The van der Waals surface area contributed by atoms with E-state index < -0.39 is 51.1 Å². The highest BCUT2D eigenvalue weighted by Gasteiger charge is 2.77. The number of amides is 4. The monoisotopic (exact) mass is 701 g/mol. The topological polar surface area (TPSA) is 98.2 Å². The molecule has 3 aromatic carbocycles. The van der Waals surface area contributed by atoms with Gasteiger partial charge in [-0.15, -0.1) is 23.2 Å². The van der Waals surface area contributed by atoms with Crippen LogP contribution in [0.4, 0.5) is 10.1 Å². The number of nitrogens with zero attached hydrogens (tertiary/aromatic N) is 3. The first kappa shape index (κ1) is 32.2. The molecule has 252 valence electrons. The molecule has 49 heavy (non-hydrogen) atoms. The first-order valence-corrected chi connectivity index (χ1v) is 17.4. The molecule has 1 saturated carbocycles. The number of hydrogen-bond acceptors (Lipinski definition) is 6. The third-order valence-corrected chi connectivity index (χ3v) is 12.8. The van der Waals surface area contributed by atoms with Crippen LogP contribution >= 0.6 is 23.2 Å². The third kappa shape index (κ3) is 4.72. The van der Waals surface area contributed by atoms with Gasteiger partial charge in [0.1, 0.15) is 11.6 Å². The molecule has 5 aliphatic rings. The summed E-state index contributed by atoms with van der Waals surface area (Å²) in [4.78, 5) is 57.8. The van der Waals surface area contributed by atoms with Crippen molar-refractivity contribution < 1.29 is 28.7 Å². The van der Waals surface area contributed by atoms with E-state index in [0.29, 0.717) is 24.0 Å². The number of hydrogen-bond donors (Lipinski definition) is 1. The Morgan fingerprint density at radius 3 is 2.18 bits per heavy atom. The lowest BCUT2D eigenvalue weighted by Gasteiger charge is -2.50. The molecule has 4 amide bonds. The fourth-order valence-corrected chi connectivity index (χ4v) is 9.96. The molecule has 3 aromatic rings. The molecule has 8 nitrogen and oxygen atoms in total. The maximum Gasteiger partial charge on any atom is 0.258 e. The SMILES string of the molecule is O=C1C2CC=C3C(CC4(Cl)C(=O)N(c5ccc(F)cc5)C(=O)C4(Cl)C3c3ccccc3O)C2C(=O)N1C1CCN(Cc2ccccc2)CC1. The molecular formula is C38H34Cl2FN3O5. The lowest BCUT2D eigenvalue weighted by molar-refractivity contribution is -0.144. The molecule has 3 heterocycles. The minimum absolute atomic E-state index is 0.105. The zero-order valence-electron chi connectivity index (χ0n) is 26.5. The largest absolute Gasteiger partial charge is 0.508 e. The second-order valence-corrected chi connectivity index (χ2v) is 15.1. The number of carbonyl (C=O) groups is 4. The van der Waals surface area contributed by atoms with Gasteiger partial charge in [-0.25, -0.2) is 9.29 Å². The van der Waals surface area contributed by atoms with Crippen molar-refractivity contribution in [3.63, 3.8) is 0 Å².